The average Bonchev–Trinajstić information content (AvgIpc) is 2.34. The normalized spacial score (nSPS) is 16.8. The Bertz CT molecular complexity index is 533. The first-order chi connectivity index (χ1) is 9.65. The van der Waals surface area contributed by atoms with Gasteiger partial charge >= 0.3 is 6.09 Å². The summed E-state index contributed by atoms with van der Waals surface area (Å²) >= 11 is 0. The van der Waals surface area contributed by atoms with E-state index in [2.05, 4.69) is 5.32 Å². The summed E-state index contributed by atoms with van der Waals surface area (Å²) < 4.78 is 11.0. The Kier molecular flexibility index (Phi) is 3.78. The first kappa shape index (κ1) is 15.5. The van der Waals surface area contributed by atoms with Crippen LogP contribution in [0.2, 0.25) is 0 Å². The number of para-hydroxylation sites is 1. The third-order valence-corrected chi connectivity index (χ3v) is 3.34. The minimum atomic E-state index is -0.541. The van der Waals surface area contributed by atoms with Crippen molar-refractivity contribution >= 4 is 17.5 Å². The Morgan fingerprint density at radius 1 is 1.33 bits per heavy atom. The summed E-state index contributed by atoms with van der Waals surface area (Å²) in [6.07, 6.45) is -0.361. The molecule has 116 valence electrons. The van der Waals surface area contributed by atoms with Crippen LogP contribution in [0.3, 0.4) is 0 Å². The molecule has 1 heterocycles. The lowest BCUT2D eigenvalue weighted by molar-refractivity contribution is 0.0545. The molecule has 21 heavy (non-hydrogen) atoms. The predicted molar refractivity (Wildman–Crippen MR) is 84.3 cm³/mol. The van der Waals surface area contributed by atoms with Gasteiger partial charge < -0.3 is 14.8 Å². The molecule has 1 amide bonds. The zero-order valence-electron chi connectivity index (χ0n) is 13.6. The molecule has 0 unspecified atom stereocenters. The Hall–Kier alpha value is -1.91. The molecular formula is C16H24N2O3. The molecule has 0 atom stereocenters. The van der Waals surface area contributed by atoms with Crippen molar-refractivity contribution in [3.8, 4) is 5.75 Å². The number of rotatable bonds is 1. The molecular weight excluding hydrogens is 268 g/mol. The fourth-order valence-corrected chi connectivity index (χ4v) is 2.40. The monoisotopic (exact) mass is 292 g/mol. The van der Waals surface area contributed by atoms with Gasteiger partial charge in [0.15, 0.2) is 0 Å². The van der Waals surface area contributed by atoms with E-state index < -0.39 is 11.1 Å². The number of hydrogen-bond acceptors (Lipinski definition) is 4. The van der Waals surface area contributed by atoms with Crippen molar-refractivity contribution in [2.24, 2.45) is 0 Å². The Labute approximate surface area is 126 Å². The van der Waals surface area contributed by atoms with Crippen molar-refractivity contribution in [3.05, 3.63) is 18.2 Å². The molecule has 0 saturated carbocycles. The molecule has 1 aromatic rings. The number of hydrogen-bond donors (Lipinski definition) is 1. The summed E-state index contributed by atoms with van der Waals surface area (Å²) in [5.41, 5.74) is 0.648. The third kappa shape index (κ3) is 3.06. The quantitative estimate of drug-likeness (QED) is 0.858. The Balaban J connectivity index is 2.50. The lowest BCUT2D eigenvalue weighted by atomic mass is 9.97. The summed E-state index contributed by atoms with van der Waals surface area (Å²) in [5, 5.41) is 3.35. The molecule has 5 nitrogen and oxygen atoms in total. The van der Waals surface area contributed by atoms with Gasteiger partial charge in [0, 0.05) is 6.54 Å². The molecule has 5 heteroatoms. The van der Waals surface area contributed by atoms with Crippen molar-refractivity contribution < 1.29 is 14.3 Å². The molecule has 0 aliphatic carbocycles. The van der Waals surface area contributed by atoms with Crippen LogP contribution in [0.25, 0.3) is 0 Å². The van der Waals surface area contributed by atoms with Crippen molar-refractivity contribution in [1.82, 2.24) is 0 Å². The first-order valence-electron chi connectivity index (χ1n) is 7.10. The van der Waals surface area contributed by atoms with E-state index >= 15 is 0 Å². The maximum atomic E-state index is 12.7. The number of amides is 1. The van der Waals surface area contributed by atoms with Gasteiger partial charge in [0.05, 0.1) is 18.3 Å². The second kappa shape index (κ2) is 5.13. The van der Waals surface area contributed by atoms with Crippen LogP contribution in [-0.4, -0.2) is 30.9 Å². The fraction of sp³-hybridized carbons (Fsp3) is 0.562. The summed E-state index contributed by atoms with van der Waals surface area (Å²) in [4.78, 5) is 14.4. The van der Waals surface area contributed by atoms with Gasteiger partial charge in [-0.2, -0.15) is 0 Å². The number of nitrogens with one attached hydrogen (secondary N) is 1. The van der Waals surface area contributed by atoms with E-state index in [0.717, 1.165) is 11.4 Å². The van der Waals surface area contributed by atoms with Gasteiger partial charge in [-0.1, -0.05) is 6.07 Å². The maximum absolute atomic E-state index is 12.7. The van der Waals surface area contributed by atoms with E-state index in [0.29, 0.717) is 12.3 Å². The summed E-state index contributed by atoms with van der Waals surface area (Å²) in [6, 6.07) is 5.68. The predicted octanol–water partition coefficient (Wildman–Crippen LogP) is 3.64. The van der Waals surface area contributed by atoms with Gasteiger partial charge in [-0.15, -0.1) is 0 Å². The van der Waals surface area contributed by atoms with E-state index in [4.69, 9.17) is 9.47 Å². The summed E-state index contributed by atoms with van der Waals surface area (Å²) in [6.45, 7) is 10.2. The number of anilines is 2. The molecule has 0 radical (unpaired) electrons. The number of ether oxygens (including phenoxy) is 2. The molecule has 1 aliphatic rings. The van der Waals surface area contributed by atoms with Crippen molar-refractivity contribution in [2.45, 2.75) is 45.8 Å². The number of carbonyl (C=O) groups excluding carboxylic acids is 1. The summed E-state index contributed by atoms with van der Waals surface area (Å²) in [5.74, 6) is 0.652. The SMILES string of the molecule is COc1cccc2c1N(C(=O)OC(C)(C)C)C(C)(C)CN2. The highest BCUT2D eigenvalue weighted by Crippen LogP contribution is 2.43. The van der Waals surface area contributed by atoms with E-state index in [1.165, 1.54) is 0 Å². The largest absolute Gasteiger partial charge is 0.494 e. The molecule has 1 aromatic carbocycles. The van der Waals surface area contributed by atoms with Gasteiger partial charge in [0.1, 0.15) is 17.0 Å². The van der Waals surface area contributed by atoms with E-state index in [1.54, 1.807) is 12.0 Å². The van der Waals surface area contributed by atoms with Crippen LogP contribution < -0.4 is 15.0 Å². The first-order valence-corrected chi connectivity index (χ1v) is 7.10. The molecule has 0 aromatic heterocycles. The smallest absolute Gasteiger partial charge is 0.415 e. The van der Waals surface area contributed by atoms with Gasteiger partial charge in [-0.3, -0.25) is 4.90 Å². The standard InChI is InChI=1S/C16H24N2O3/c1-15(2,3)21-14(19)18-13-11(17-10-16(18,4)5)8-7-9-12(13)20-6/h7-9,17H,10H2,1-6H3. The van der Waals surface area contributed by atoms with Crippen LogP contribution in [0.1, 0.15) is 34.6 Å². The lowest BCUT2D eigenvalue weighted by Gasteiger charge is -2.44. The number of benzene rings is 1. The fourth-order valence-electron chi connectivity index (χ4n) is 2.40. The second-order valence-electron chi connectivity index (χ2n) is 6.84. The molecule has 0 spiro atoms. The minimum Gasteiger partial charge on any atom is -0.494 e. The highest BCUT2D eigenvalue weighted by Gasteiger charge is 2.41. The number of fused-ring (bicyclic) bond motifs is 1. The lowest BCUT2D eigenvalue weighted by Crippen LogP contribution is -2.56. The number of methoxy groups -OCH3 is 1. The van der Waals surface area contributed by atoms with Crippen molar-refractivity contribution in [1.29, 1.82) is 0 Å². The van der Waals surface area contributed by atoms with Crippen LogP contribution in [0.15, 0.2) is 18.2 Å². The highest BCUT2D eigenvalue weighted by molar-refractivity contribution is 5.97. The average molecular weight is 292 g/mol. The maximum Gasteiger partial charge on any atom is 0.415 e. The van der Waals surface area contributed by atoms with Crippen LogP contribution in [0.5, 0.6) is 5.75 Å². The second-order valence-corrected chi connectivity index (χ2v) is 6.84. The van der Waals surface area contributed by atoms with Crippen molar-refractivity contribution in [3.63, 3.8) is 0 Å². The van der Waals surface area contributed by atoms with Gasteiger partial charge in [-0.25, -0.2) is 4.79 Å². The third-order valence-electron chi connectivity index (χ3n) is 3.34. The zero-order valence-corrected chi connectivity index (χ0v) is 13.6. The van der Waals surface area contributed by atoms with E-state index in [-0.39, 0.29) is 6.09 Å². The van der Waals surface area contributed by atoms with Gasteiger partial charge in [-0.05, 0) is 46.8 Å². The number of nitrogens with zero attached hydrogens (tertiary/aromatic N) is 1. The topological polar surface area (TPSA) is 50.8 Å². The van der Waals surface area contributed by atoms with Gasteiger partial charge in [0.2, 0.25) is 0 Å². The highest BCUT2D eigenvalue weighted by atomic mass is 16.6. The molecule has 0 bridgehead atoms. The molecule has 2 rings (SSSR count). The molecule has 1 aliphatic heterocycles. The van der Waals surface area contributed by atoms with E-state index in [1.807, 2.05) is 52.8 Å². The van der Waals surface area contributed by atoms with Crippen LogP contribution >= 0.6 is 0 Å². The van der Waals surface area contributed by atoms with E-state index in [9.17, 15) is 4.79 Å². The zero-order chi connectivity index (χ0) is 15.8. The van der Waals surface area contributed by atoms with Crippen LogP contribution in [-0.2, 0) is 4.74 Å². The van der Waals surface area contributed by atoms with Crippen molar-refractivity contribution in [2.75, 3.05) is 23.9 Å². The minimum absolute atomic E-state index is 0.361. The Morgan fingerprint density at radius 2 is 2.00 bits per heavy atom. The molecule has 0 fully saturated rings. The molecule has 0 saturated heterocycles. The number of carbonyl (C=O) groups is 1. The molecule has 1 N–H and O–H groups in total. The summed E-state index contributed by atoms with van der Waals surface area (Å²) in [7, 11) is 1.60. The van der Waals surface area contributed by atoms with Gasteiger partial charge in [0.25, 0.3) is 0 Å². The van der Waals surface area contributed by atoms with Crippen LogP contribution in [0.4, 0.5) is 16.2 Å². The van der Waals surface area contributed by atoms with Crippen LogP contribution in [0, 0.1) is 0 Å². The Morgan fingerprint density at radius 3 is 2.57 bits per heavy atom.